The second-order valence-electron chi connectivity index (χ2n) is 9.33. The maximum absolute atomic E-state index is 14.2. The molecule has 2 fully saturated rings. The third kappa shape index (κ3) is 5.03. The molecule has 0 radical (unpaired) electrons. The number of piperidine rings is 1. The largest absolute Gasteiger partial charge is 0.376 e. The number of anilines is 1. The van der Waals surface area contributed by atoms with Crippen molar-refractivity contribution in [3.05, 3.63) is 29.8 Å². The molecule has 3 rings (SSSR count). The number of para-hydroxylation sites is 1. The van der Waals surface area contributed by atoms with Gasteiger partial charge in [-0.3, -0.25) is 19.8 Å². The van der Waals surface area contributed by atoms with Crippen molar-refractivity contribution in [2.45, 2.75) is 51.9 Å². The number of nitrogens with zero attached hydrogens (tertiary/aromatic N) is 1. The number of carbonyl (C=O) groups is 3. The van der Waals surface area contributed by atoms with Gasteiger partial charge in [0, 0.05) is 23.8 Å². The predicted octanol–water partition coefficient (Wildman–Crippen LogP) is 1.44. The minimum atomic E-state index is -1.18. The van der Waals surface area contributed by atoms with E-state index in [9.17, 15) is 18.8 Å². The highest BCUT2D eigenvalue weighted by Crippen LogP contribution is 2.47. The summed E-state index contributed by atoms with van der Waals surface area (Å²) in [5, 5.41) is 13.5. The molecule has 1 aromatic carbocycles. The molecule has 31 heavy (non-hydrogen) atoms. The van der Waals surface area contributed by atoms with Gasteiger partial charge in [-0.1, -0.05) is 39.0 Å². The number of fused-ring (bicyclic) bond motifs is 1. The molecule has 0 spiro atoms. The topological polar surface area (TPSA) is 128 Å². The van der Waals surface area contributed by atoms with Crippen LogP contribution in [0.3, 0.4) is 0 Å². The Morgan fingerprint density at radius 2 is 1.94 bits per heavy atom. The number of carbonyl (C=O) groups excluding carboxylic acids is 3. The number of amides is 3. The number of alkyl halides is 1. The molecule has 4 atom stereocenters. The molecule has 4 unspecified atom stereocenters. The standard InChI is InChI=1S/C22H30FN5O3/c1-22(2,3)17(23)10-27-21(31)16-9-12-8-15(12)28(16)18(29)11-26-14-7-5-4-6-13(14)19(24)20(25)30/h4-7,12,15-17,24,26H,8-11H2,1-3H3,(H2,25,30)(H,27,31). The smallest absolute Gasteiger partial charge is 0.267 e. The Morgan fingerprint density at radius 3 is 2.58 bits per heavy atom. The lowest BCUT2D eigenvalue weighted by molar-refractivity contribution is -0.138. The second-order valence-corrected chi connectivity index (χ2v) is 9.33. The van der Waals surface area contributed by atoms with E-state index in [1.807, 2.05) is 0 Å². The molecule has 0 aromatic heterocycles. The Balaban J connectivity index is 1.63. The number of primary amides is 1. The van der Waals surface area contributed by atoms with Crippen LogP contribution in [0.15, 0.2) is 24.3 Å². The lowest BCUT2D eigenvalue weighted by Gasteiger charge is -2.29. The van der Waals surface area contributed by atoms with Gasteiger partial charge in [0.15, 0.2) is 0 Å². The monoisotopic (exact) mass is 431 g/mol. The predicted molar refractivity (Wildman–Crippen MR) is 115 cm³/mol. The van der Waals surface area contributed by atoms with E-state index in [0.29, 0.717) is 23.6 Å². The normalized spacial score (nSPS) is 23.0. The van der Waals surface area contributed by atoms with Crippen molar-refractivity contribution < 1.29 is 18.8 Å². The molecule has 1 aliphatic heterocycles. The first-order valence-electron chi connectivity index (χ1n) is 10.4. The summed E-state index contributed by atoms with van der Waals surface area (Å²) < 4.78 is 14.2. The van der Waals surface area contributed by atoms with Crippen molar-refractivity contribution in [3.8, 4) is 0 Å². The van der Waals surface area contributed by atoms with E-state index in [2.05, 4.69) is 10.6 Å². The van der Waals surface area contributed by atoms with Gasteiger partial charge in [0.1, 0.15) is 17.9 Å². The van der Waals surface area contributed by atoms with Gasteiger partial charge in [-0.15, -0.1) is 0 Å². The summed E-state index contributed by atoms with van der Waals surface area (Å²) in [6.07, 6.45) is 0.263. The van der Waals surface area contributed by atoms with Crippen LogP contribution in [0.2, 0.25) is 0 Å². The minimum Gasteiger partial charge on any atom is -0.376 e. The van der Waals surface area contributed by atoms with Crippen molar-refractivity contribution in [3.63, 3.8) is 0 Å². The van der Waals surface area contributed by atoms with Crippen LogP contribution in [-0.2, 0) is 14.4 Å². The van der Waals surface area contributed by atoms with E-state index in [1.54, 1.807) is 49.9 Å². The van der Waals surface area contributed by atoms with Crippen LogP contribution < -0.4 is 16.4 Å². The van der Waals surface area contributed by atoms with E-state index in [1.165, 1.54) is 0 Å². The summed E-state index contributed by atoms with van der Waals surface area (Å²) in [5.74, 6) is -1.14. The molecular formula is C22H30FN5O3. The summed E-state index contributed by atoms with van der Waals surface area (Å²) in [6.45, 7) is 5.13. The van der Waals surface area contributed by atoms with Crippen LogP contribution in [-0.4, -0.2) is 59.7 Å². The molecule has 1 aliphatic carbocycles. The van der Waals surface area contributed by atoms with Gasteiger partial charge in [-0.25, -0.2) is 4.39 Å². The molecule has 0 bridgehead atoms. The molecule has 1 saturated carbocycles. The lowest BCUT2D eigenvalue weighted by Crippen LogP contribution is -2.51. The van der Waals surface area contributed by atoms with E-state index >= 15 is 0 Å². The first kappa shape index (κ1) is 22.7. The van der Waals surface area contributed by atoms with E-state index in [0.717, 1.165) is 6.42 Å². The van der Waals surface area contributed by atoms with Crippen molar-refractivity contribution >= 4 is 29.1 Å². The molecule has 3 amide bonds. The Bertz CT molecular complexity index is 897. The molecule has 5 N–H and O–H groups in total. The summed E-state index contributed by atoms with van der Waals surface area (Å²) in [6, 6.07) is 6.05. The fourth-order valence-electron chi connectivity index (χ4n) is 3.91. The lowest BCUT2D eigenvalue weighted by atomic mass is 9.90. The van der Waals surface area contributed by atoms with Gasteiger partial charge in [0.2, 0.25) is 11.8 Å². The number of nitrogens with two attached hydrogens (primary N) is 1. The zero-order valence-electron chi connectivity index (χ0n) is 18.1. The van der Waals surface area contributed by atoms with E-state index in [4.69, 9.17) is 11.1 Å². The summed E-state index contributed by atoms with van der Waals surface area (Å²) >= 11 is 0. The molecule has 8 nitrogen and oxygen atoms in total. The fourth-order valence-corrected chi connectivity index (χ4v) is 3.91. The third-order valence-electron chi connectivity index (χ3n) is 5.96. The zero-order chi connectivity index (χ0) is 22.9. The van der Waals surface area contributed by atoms with Crippen LogP contribution in [0, 0.1) is 16.7 Å². The number of likely N-dealkylation sites (tertiary alicyclic amines) is 1. The Kier molecular flexibility index (Phi) is 6.33. The number of nitrogens with one attached hydrogen (secondary N) is 3. The Morgan fingerprint density at radius 1 is 1.26 bits per heavy atom. The fraction of sp³-hybridized carbons (Fsp3) is 0.545. The summed E-state index contributed by atoms with van der Waals surface area (Å²) in [4.78, 5) is 38.6. The summed E-state index contributed by atoms with van der Waals surface area (Å²) in [5.41, 5.74) is 5.03. The SMILES string of the molecule is CC(C)(C)C(F)CNC(=O)C1CC2CC2N1C(=O)CNc1ccccc1C(=N)C(N)=O. The average molecular weight is 432 g/mol. The van der Waals surface area contributed by atoms with Crippen molar-refractivity contribution in [1.82, 2.24) is 10.2 Å². The number of hydrogen-bond donors (Lipinski definition) is 4. The quantitative estimate of drug-likeness (QED) is 0.464. The third-order valence-corrected chi connectivity index (χ3v) is 5.96. The Hall–Kier alpha value is -2.97. The molecule has 9 heteroatoms. The van der Waals surface area contributed by atoms with Crippen LogP contribution in [0.4, 0.5) is 10.1 Å². The van der Waals surface area contributed by atoms with Crippen LogP contribution in [0.1, 0.15) is 39.2 Å². The number of halogens is 1. The molecule has 2 aliphatic rings. The van der Waals surface area contributed by atoms with Crippen molar-refractivity contribution in [2.24, 2.45) is 17.1 Å². The molecule has 1 aromatic rings. The zero-order valence-corrected chi connectivity index (χ0v) is 18.1. The van der Waals surface area contributed by atoms with Crippen LogP contribution in [0.5, 0.6) is 0 Å². The molecule has 1 saturated heterocycles. The number of hydrogen-bond acceptors (Lipinski definition) is 5. The summed E-state index contributed by atoms with van der Waals surface area (Å²) in [7, 11) is 0. The van der Waals surface area contributed by atoms with Crippen molar-refractivity contribution in [1.29, 1.82) is 5.41 Å². The maximum Gasteiger partial charge on any atom is 0.267 e. The highest BCUT2D eigenvalue weighted by atomic mass is 19.1. The molecule has 1 heterocycles. The highest BCUT2D eigenvalue weighted by molar-refractivity contribution is 6.44. The Labute approximate surface area is 181 Å². The van der Waals surface area contributed by atoms with Gasteiger partial charge >= 0.3 is 0 Å². The molecular weight excluding hydrogens is 401 g/mol. The van der Waals surface area contributed by atoms with Gasteiger partial charge in [0.05, 0.1) is 6.54 Å². The second kappa shape index (κ2) is 8.64. The van der Waals surface area contributed by atoms with Crippen molar-refractivity contribution in [2.75, 3.05) is 18.4 Å². The number of rotatable bonds is 8. The van der Waals surface area contributed by atoms with Gasteiger partial charge in [-0.2, -0.15) is 0 Å². The number of benzene rings is 1. The van der Waals surface area contributed by atoms with Crippen LogP contribution in [0.25, 0.3) is 0 Å². The first-order valence-corrected chi connectivity index (χ1v) is 10.4. The van der Waals surface area contributed by atoms with Gasteiger partial charge < -0.3 is 21.3 Å². The maximum atomic E-state index is 14.2. The molecule has 168 valence electrons. The highest BCUT2D eigenvalue weighted by Gasteiger charge is 2.55. The first-order chi connectivity index (χ1) is 14.5. The van der Waals surface area contributed by atoms with Crippen LogP contribution >= 0.6 is 0 Å². The average Bonchev–Trinajstić information content (AvgIpc) is 3.38. The van der Waals surface area contributed by atoms with E-state index < -0.39 is 23.5 Å². The van der Waals surface area contributed by atoms with E-state index in [-0.39, 0.29) is 36.7 Å². The van der Waals surface area contributed by atoms with Gasteiger partial charge in [0.25, 0.3) is 5.91 Å². The van der Waals surface area contributed by atoms with Gasteiger partial charge in [-0.05, 0) is 30.2 Å². The minimum absolute atomic E-state index is 0.0352.